The van der Waals surface area contributed by atoms with Crippen LogP contribution in [-0.4, -0.2) is 21.9 Å². The zero-order chi connectivity index (χ0) is 14.7. The van der Waals surface area contributed by atoms with Gasteiger partial charge in [0.2, 0.25) is 0 Å². The molecule has 3 nitrogen and oxygen atoms in total. The summed E-state index contributed by atoms with van der Waals surface area (Å²) >= 11 is 0.439. The summed E-state index contributed by atoms with van der Waals surface area (Å²) in [4.78, 5) is 11.2. The van der Waals surface area contributed by atoms with E-state index in [0.29, 0.717) is 27.8 Å². The lowest BCUT2D eigenvalue weighted by atomic mass is 10.0. The van der Waals surface area contributed by atoms with Gasteiger partial charge in [-0.25, -0.2) is 4.79 Å². The molecule has 0 amide bonds. The molecule has 0 spiro atoms. The fourth-order valence-corrected chi connectivity index (χ4v) is 2.22. The van der Waals surface area contributed by atoms with E-state index in [9.17, 15) is 18.7 Å². The van der Waals surface area contributed by atoms with Crippen molar-refractivity contribution in [2.75, 3.05) is 0 Å². The second-order valence-electron chi connectivity index (χ2n) is 3.94. The van der Waals surface area contributed by atoms with Gasteiger partial charge in [-0.3, -0.25) is 0 Å². The van der Waals surface area contributed by atoms with Crippen LogP contribution in [0.3, 0.4) is 0 Å². The number of benzene rings is 2. The van der Waals surface area contributed by atoms with E-state index < -0.39 is 11.7 Å². The highest BCUT2D eigenvalue weighted by molar-refractivity contribution is 7.99. The lowest BCUT2D eigenvalue weighted by Gasteiger charge is -2.07. The maximum absolute atomic E-state index is 12.2. The van der Waals surface area contributed by atoms with Gasteiger partial charge in [0, 0.05) is 10.5 Å². The number of halogens is 2. The Bertz CT molecular complexity index is 627. The fraction of sp³-hybridized carbons (Fsp3) is 0.0714. The van der Waals surface area contributed by atoms with Crippen LogP contribution < -0.4 is 0 Å². The zero-order valence-electron chi connectivity index (χ0n) is 10.1. The van der Waals surface area contributed by atoms with Gasteiger partial charge >= 0.3 is 5.97 Å². The van der Waals surface area contributed by atoms with Gasteiger partial charge in [0.25, 0.3) is 5.76 Å². The topological polar surface area (TPSA) is 57.5 Å². The van der Waals surface area contributed by atoms with E-state index in [0.717, 1.165) is 6.07 Å². The SMILES string of the molecule is O=C(O)c1ccc(-c2ccc(SC(F)F)cc2)c(O)c1. The van der Waals surface area contributed by atoms with E-state index in [1.54, 1.807) is 12.1 Å². The average molecular weight is 296 g/mol. The van der Waals surface area contributed by atoms with Gasteiger partial charge in [-0.1, -0.05) is 23.9 Å². The standard InChI is InChI=1S/C14H10F2O3S/c15-14(16)20-10-4-1-8(2-5-10)11-6-3-9(13(18)19)7-12(11)17/h1-7,14,17H,(H,18,19). The van der Waals surface area contributed by atoms with Gasteiger partial charge in [-0.2, -0.15) is 8.78 Å². The van der Waals surface area contributed by atoms with Crippen molar-refractivity contribution in [1.82, 2.24) is 0 Å². The number of hydrogen-bond donors (Lipinski definition) is 2. The van der Waals surface area contributed by atoms with Gasteiger partial charge in [-0.05, 0) is 35.9 Å². The summed E-state index contributed by atoms with van der Waals surface area (Å²) in [6.07, 6.45) is 0. The van der Waals surface area contributed by atoms with Crippen molar-refractivity contribution >= 4 is 17.7 Å². The molecule has 0 fully saturated rings. The second-order valence-corrected chi connectivity index (χ2v) is 5.00. The number of hydrogen-bond acceptors (Lipinski definition) is 3. The van der Waals surface area contributed by atoms with Crippen LogP contribution >= 0.6 is 11.8 Å². The number of carbonyl (C=O) groups is 1. The molecule has 0 saturated carbocycles. The number of phenols is 1. The first-order chi connectivity index (χ1) is 9.47. The van der Waals surface area contributed by atoms with E-state index in [1.165, 1.54) is 24.3 Å². The first kappa shape index (κ1) is 14.3. The van der Waals surface area contributed by atoms with E-state index in [2.05, 4.69) is 0 Å². The molecule has 2 N–H and O–H groups in total. The smallest absolute Gasteiger partial charge is 0.335 e. The van der Waals surface area contributed by atoms with E-state index in [4.69, 9.17) is 5.11 Å². The molecule has 0 aliphatic carbocycles. The molecule has 0 unspecified atom stereocenters. The summed E-state index contributed by atoms with van der Waals surface area (Å²) in [5, 5.41) is 18.6. The summed E-state index contributed by atoms with van der Waals surface area (Å²) in [5.41, 5.74) is 1.05. The molecule has 2 aromatic rings. The van der Waals surface area contributed by atoms with Crippen molar-refractivity contribution in [3.8, 4) is 16.9 Å². The van der Waals surface area contributed by atoms with Crippen molar-refractivity contribution in [3.63, 3.8) is 0 Å². The van der Waals surface area contributed by atoms with Crippen LogP contribution in [0.25, 0.3) is 11.1 Å². The lowest BCUT2D eigenvalue weighted by molar-refractivity contribution is 0.0696. The first-order valence-corrected chi connectivity index (χ1v) is 6.47. The quantitative estimate of drug-likeness (QED) is 0.835. The molecule has 2 aromatic carbocycles. The maximum atomic E-state index is 12.2. The van der Waals surface area contributed by atoms with Gasteiger partial charge in [0.1, 0.15) is 5.75 Å². The Kier molecular flexibility index (Phi) is 4.24. The van der Waals surface area contributed by atoms with E-state index >= 15 is 0 Å². The highest BCUT2D eigenvalue weighted by atomic mass is 32.2. The number of carboxylic acids is 1. The molecule has 0 atom stereocenters. The number of phenolic OH excluding ortho intramolecular Hbond substituents is 1. The predicted octanol–water partition coefficient (Wildman–Crippen LogP) is 4.07. The number of aromatic carboxylic acids is 1. The molecular weight excluding hydrogens is 286 g/mol. The third kappa shape index (κ3) is 3.27. The molecule has 0 aliphatic heterocycles. The van der Waals surface area contributed by atoms with Crippen LogP contribution in [-0.2, 0) is 0 Å². The van der Waals surface area contributed by atoms with Crippen LogP contribution in [0.1, 0.15) is 10.4 Å². The van der Waals surface area contributed by atoms with Crippen molar-refractivity contribution < 1.29 is 23.8 Å². The van der Waals surface area contributed by atoms with Crippen molar-refractivity contribution in [1.29, 1.82) is 0 Å². The Morgan fingerprint density at radius 2 is 1.75 bits per heavy atom. The molecule has 2 rings (SSSR count). The fourth-order valence-electron chi connectivity index (χ4n) is 1.72. The molecule has 0 aromatic heterocycles. The van der Waals surface area contributed by atoms with E-state index in [-0.39, 0.29) is 11.3 Å². The molecule has 0 heterocycles. The van der Waals surface area contributed by atoms with Crippen LogP contribution in [0.2, 0.25) is 0 Å². The molecule has 0 saturated heterocycles. The summed E-state index contributed by atoms with van der Waals surface area (Å²) < 4.78 is 24.4. The van der Waals surface area contributed by atoms with Crippen molar-refractivity contribution in [3.05, 3.63) is 48.0 Å². The summed E-state index contributed by atoms with van der Waals surface area (Å²) in [6.45, 7) is 0. The molecule has 0 bridgehead atoms. The van der Waals surface area contributed by atoms with Crippen LogP contribution in [0.15, 0.2) is 47.4 Å². The maximum Gasteiger partial charge on any atom is 0.335 e. The number of alkyl halides is 2. The third-order valence-corrected chi connectivity index (χ3v) is 3.36. The Morgan fingerprint density at radius 3 is 2.25 bits per heavy atom. The largest absolute Gasteiger partial charge is 0.507 e. The van der Waals surface area contributed by atoms with Crippen LogP contribution in [0.5, 0.6) is 5.75 Å². The minimum atomic E-state index is -2.48. The summed E-state index contributed by atoms with van der Waals surface area (Å²) in [6, 6.07) is 10.3. The molecule has 20 heavy (non-hydrogen) atoms. The number of aromatic hydroxyl groups is 1. The van der Waals surface area contributed by atoms with Crippen LogP contribution in [0, 0.1) is 0 Å². The number of thioether (sulfide) groups is 1. The molecule has 0 radical (unpaired) electrons. The lowest BCUT2D eigenvalue weighted by Crippen LogP contribution is -1.95. The van der Waals surface area contributed by atoms with Gasteiger partial charge in [-0.15, -0.1) is 0 Å². The van der Waals surface area contributed by atoms with Crippen LogP contribution in [0.4, 0.5) is 8.78 Å². The average Bonchev–Trinajstić information content (AvgIpc) is 2.39. The van der Waals surface area contributed by atoms with Gasteiger partial charge in [0.05, 0.1) is 5.56 Å². The van der Waals surface area contributed by atoms with Crippen molar-refractivity contribution in [2.24, 2.45) is 0 Å². The molecule has 0 aliphatic rings. The summed E-state index contributed by atoms with van der Waals surface area (Å²) in [5.74, 6) is -3.78. The zero-order valence-corrected chi connectivity index (χ0v) is 10.9. The highest BCUT2D eigenvalue weighted by Crippen LogP contribution is 2.32. The third-order valence-electron chi connectivity index (χ3n) is 2.64. The van der Waals surface area contributed by atoms with Gasteiger partial charge < -0.3 is 10.2 Å². The Labute approximate surface area is 117 Å². The first-order valence-electron chi connectivity index (χ1n) is 5.59. The highest BCUT2D eigenvalue weighted by Gasteiger charge is 2.10. The summed E-state index contributed by atoms with van der Waals surface area (Å²) in [7, 11) is 0. The predicted molar refractivity (Wildman–Crippen MR) is 72.4 cm³/mol. The minimum Gasteiger partial charge on any atom is -0.507 e. The minimum absolute atomic E-state index is 0.0175. The van der Waals surface area contributed by atoms with Crippen molar-refractivity contribution in [2.45, 2.75) is 10.7 Å². The Balaban J connectivity index is 2.30. The molecule has 6 heteroatoms. The number of rotatable bonds is 4. The second kappa shape index (κ2) is 5.92. The number of carboxylic acid groups (broad SMARTS) is 1. The Morgan fingerprint density at radius 1 is 1.10 bits per heavy atom. The normalized spacial score (nSPS) is 10.8. The van der Waals surface area contributed by atoms with E-state index in [1.807, 2.05) is 0 Å². The monoisotopic (exact) mass is 296 g/mol. The Hall–Kier alpha value is -2.08. The molecular formula is C14H10F2O3S. The molecule has 104 valence electrons. The van der Waals surface area contributed by atoms with Gasteiger partial charge in [0.15, 0.2) is 0 Å².